The monoisotopic (exact) mass is 370 g/mol. The van der Waals surface area contributed by atoms with Crippen molar-refractivity contribution in [3.8, 4) is 5.75 Å². The lowest BCUT2D eigenvalue weighted by Crippen LogP contribution is -2.47. The van der Waals surface area contributed by atoms with Crippen molar-refractivity contribution >= 4 is 5.91 Å². The van der Waals surface area contributed by atoms with E-state index in [9.17, 15) is 9.18 Å². The number of likely N-dealkylation sites (tertiary alicyclic amines) is 1. The number of carbonyl (C=O) groups is 1. The Hall–Kier alpha value is -2.44. The number of ether oxygens (including phenoxy) is 2. The third-order valence-corrected chi connectivity index (χ3v) is 5.21. The molecule has 1 fully saturated rings. The predicted molar refractivity (Wildman–Crippen MR) is 98.2 cm³/mol. The molecule has 2 aromatic carbocycles. The maximum absolute atomic E-state index is 14.2. The van der Waals surface area contributed by atoms with E-state index >= 15 is 0 Å². The zero-order chi connectivity index (χ0) is 18.8. The summed E-state index contributed by atoms with van der Waals surface area (Å²) in [6.45, 7) is 1.46. The molecule has 0 aromatic heterocycles. The number of benzene rings is 2. The number of amides is 1. The van der Waals surface area contributed by atoms with Crippen LogP contribution in [0.1, 0.15) is 42.2 Å². The zero-order valence-electron chi connectivity index (χ0n) is 15.1. The van der Waals surface area contributed by atoms with E-state index in [1.165, 1.54) is 12.1 Å². The van der Waals surface area contributed by atoms with Crippen molar-refractivity contribution in [1.82, 2.24) is 4.90 Å². The highest BCUT2D eigenvalue weighted by Gasteiger charge is 2.30. The van der Waals surface area contributed by atoms with Gasteiger partial charge in [0.1, 0.15) is 11.6 Å². The van der Waals surface area contributed by atoms with Gasteiger partial charge >= 0.3 is 0 Å². The lowest BCUT2D eigenvalue weighted by atomic mass is 9.99. The van der Waals surface area contributed by atoms with E-state index in [0.29, 0.717) is 17.9 Å². The van der Waals surface area contributed by atoms with Crippen LogP contribution in [0.3, 0.4) is 0 Å². The van der Waals surface area contributed by atoms with Crippen LogP contribution in [0.4, 0.5) is 4.39 Å². The maximum Gasteiger partial charge on any atom is 0.234 e. The first kappa shape index (κ1) is 17.9. The topological polar surface area (TPSA) is 64.8 Å². The van der Waals surface area contributed by atoms with Crippen LogP contribution in [0, 0.1) is 5.82 Å². The second-order valence-corrected chi connectivity index (χ2v) is 7.11. The summed E-state index contributed by atoms with van der Waals surface area (Å²) in [5, 5.41) is 0. The molecule has 0 saturated carbocycles. The largest absolute Gasteiger partial charge is 0.460 e. The first-order chi connectivity index (χ1) is 13.1. The second-order valence-electron chi connectivity index (χ2n) is 7.11. The molecule has 2 N–H and O–H groups in total. The number of nitrogens with two attached hydrogens (primary N) is 1. The van der Waals surface area contributed by atoms with Gasteiger partial charge in [-0.05, 0) is 31.5 Å². The molecule has 0 radical (unpaired) electrons. The van der Waals surface area contributed by atoms with Crippen LogP contribution >= 0.6 is 0 Å². The quantitative estimate of drug-likeness (QED) is 0.897. The summed E-state index contributed by atoms with van der Waals surface area (Å²) in [5.74, 6) is -0.0153. The molecule has 0 aliphatic carbocycles. The van der Waals surface area contributed by atoms with Crippen LogP contribution in [-0.4, -0.2) is 23.4 Å². The van der Waals surface area contributed by atoms with Crippen molar-refractivity contribution in [3.63, 3.8) is 0 Å². The summed E-state index contributed by atoms with van der Waals surface area (Å²) in [6.07, 6.45) is 2.18. The van der Waals surface area contributed by atoms with Gasteiger partial charge in [0.15, 0.2) is 0 Å². The van der Waals surface area contributed by atoms with Crippen molar-refractivity contribution in [1.29, 1.82) is 0 Å². The van der Waals surface area contributed by atoms with E-state index < -0.39 is 6.29 Å². The van der Waals surface area contributed by atoms with Crippen LogP contribution in [0.2, 0.25) is 0 Å². The highest BCUT2D eigenvalue weighted by molar-refractivity contribution is 5.79. The summed E-state index contributed by atoms with van der Waals surface area (Å²) >= 11 is 0. The Morgan fingerprint density at radius 2 is 2.04 bits per heavy atom. The van der Waals surface area contributed by atoms with Crippen molar-refractivity contribution < 1.29 is 18.7 Å². The molecule has 1 amide bonds. The molecule has 142 valence electrons. The van der Waals surface area contributed by atoms with E-state index in [1.54, 1.807) is 0 Å². The fourth-order valence-electron chi connectivity index (χ4n) is 3.89. The second kappa shape index (κ2) is 7.66. The van der Waals surface area contributed by atoms with Gasteiger partial charge < -0.3 is 15.2 Å². The highest BCUT2D eigenvalue weighted by Crippen LogP contribution is 2.37. The van der Waals surface area contributed by atoms with Crippen LogP contribution in [0.15, 0.2) is 42.5 Å². The van der Waals surface area contributed by atoms with Crippen molar-refractivity contribution in [2.75, 3.05) is 6.54 Å². The van der Waals surface area contributed by atoms with Gasteiger partial charge in [-0.2, -0.15) is 0 Å². The van der Waals surface area contributed by atoms with Gasteiger partial charge in [-0.1, -0.05) is 36.8 Å². The van der Waals surface area contributed by atoms with Gasteiger partial charge in [-0.15, -0.1) is 0 Å². The van der Waals surface area contributed by atoms with Gasteiger partial charge in [0.25, 0.3) is 0 Å². The molecule has 2 heterocycles. The molecule has 4 rings (SSSR count). The van der Waals surface area contributed by atoms with E-state index in [4.69, 9.17) is 15.2 Å². The number of hydrogen-bond acceptors (Lipinski definition) is 4. The Morgan fingerprint density at radius 1 is 1.22 bits per heavy atom. The molecule has 2 aromatic rings. The molecule has 1 saturated heterocycles. The Morgan fingerprint density at radius 3 is 2.81 bits per heavy atom. The molecule has 2 aliphatic rings. The maximum atomic E-state index is 14.2. The highest BCUT2D eigenvalue weighted by atomic mass is 19.1. The number of rotatable bonds is 4. The Balaban J connectivity index is 1.62. The molecule has 27 heavy (non-hydrogen) atoms. The van der Waals surface area contributed by atoms with Crippen molar-refractivity contribution in [3.05, 3.63) is 65.0 Å². The number of nitrogens with zero attached hydrogens (tertiary/aromatic N) is 1. The number of carbonyl (C=O) groups excluding carboxylic acids is 1. The normalized spacial score (nSPS) is 22.7. The summed E-state index contributed by atoms with van der Waals surface area (Å²) < 4.78 is 26.0. The lowest BCUT2D eigenvalue weighted by molar-refractivity contribution is -0.125. The fourth-order valence-corrected chi connectivity index (χ4v) is 3.89. The molecule has 5 nitrogen and oxygen atoms in total. The third-order valence-electron chi connectivity index (χ3n) is 5.21. The van der Waals surface area contributed by atoms with E-state index in [2.05, 4.69) is 0 Å². The minimum Gasteiger partial charge on any atom is -0.460 e. The van der Waals surface area contributed by atoms with E-state index in [-0.39, 0.29) is 24.4 Å². The lowest BCUT2D eigenvalue weighted by Gasteiger charge is -2.35. The van der Waals surface area contributed by atoms with Crippen molar-refractivity contribution in [2.45, 2.75) is 44.7 Å². The molecule has 2 atom stereocenters. The Labute approximate surface area is 157 Å². The van der Waals surface area contributed by atoms with Gasteiger partial charge in [-0.25, -0.2) is 4.39 Å². The Bertz CT molecular complexity index is 828. The average Bonchev–Trinajstić information content (AvgIpc) is 2.68. The summed E-state index contributed by atoms with van der Waals surface area (Å²) in [5.41, 5.74) is 7.89. The Kier molecular flexibility index (Phi) is 5.09. The summed E-state index contributed by atoms with van der Waals surface area (Å²) in [7, 11) is 0. The van der Waals surface area contributed by atoms with Crippen LogP contribution in [0.5, 0.6) is 5.75 Å². The van der Waals surface area contributed by atoms with Crippen LogP contribution in [0.25, 0.3) is 0 Å². The zero-order valence-corrected chi connectivity index (χ0v) is 15.1. The van der Waals surface area contributed by atoms with E-state index in [0.717, 1.165) is 36.9 Å². The van der Waals surface area contributed by atoms with E-state index in [1.807, 2.05) is 35.2 Å². The minimum atomic E-state index is -0.531. The first-order valence-corrected chi connectivity index (χ1v) is 9.29. The van der Waals surface area contributed by atoms with Gasteiger partial charge in [0, 0.05) is 23.2 Å². The van der Waals surface area contributed by atoms with Gasteiger partial charge in [-0.3, -0.25) is 9.69 Å². The summed E-state index contributed by atoms with van der Waals surface area (Å²) in [6, 6.07) is 12.3. The number of fused-ring (bicyclic) bond motifs is 1. The molecule has 6 heteroatoms. The molecular formula is C21H23FN2O3. The average molecular weight is 370 g/mol. The predicted octanol–water partition coefficient (Wildman–Crippen LogP) is 3.27. The minimum absolute atomic E-state index is 0.277. The molecule has 0 unspecified atom stereocenters. The van der Waals surface area contributed by atoms with Crippen LogP contribution < -0.4 is 10.5 Å². The van der Waals surface area contributed by atoms with Crippen LogP contribution in [-0.2, 0) is 22.7 Å². The van der Waals surface area contributed by atoms with Crippen molar-refractivity contribution in [2.24, 2.45) is 5.73 Å². The molecule has 0 bridgehead atoms. The standard InChI is InChI=1S/C21H23FN2O3/c22-17-10-15(12-24-9-5-4-8-18(24)20(23)25)19-16(11-17)13-26-21(27-19)14-6-2-1-3-7-14/h1-3,6-7,10-11,18,21H,4-5,8-9,12-13H2,(H2,23,25)/t18-,21-/m0/s1. The SMILES string of the molecule is NC(=O)[C@@H]1CCCCN1Cc1cc(F)cc2c1O[C@@H](c1ccccc1)OC2. The number of piperidine rings is 1. The molecule has 0 spiro atoms. The number of hydrogen-bond donors (Lipinski definition) is 1. The fraction of sp³-hybridized carbons (Fsp3) is 0.381. The van der Waals surface area contributed by atoms with Gasteiger partial charge in [0.2, 0.25) is 12.2 Å². The molecular weight excluding hydrogens is 347 g/mol. The summed E-state index contributed by atoms with van der Waals surface area (Å²) in [4.78, 5) is 13.8. The number of primary amides is 1. The number of halogens is 1. The third kappa shape index (κ3) is 3.82. The smallest absolute Gasteiger partial charge is 0.234 e. The molecule has 2 aliphatic heterocycles. The van der Waals surface area contributed by atoms with Gasteiger partial charge in [0.05, 0.1) is 12.6 Å². The first-order valence-electron chi connectivity index (χ1n) is 9.29.